The second-order valence-corrected chi connectivity index (χ2v) is 7.27. The molecule has 0 aliphatic carbocycles. The zero-order valence-corrected chi connectivity index (χ0v) is 16.6. The first-order valence-corrected chi connectivity index (χ1v) is 9.37. The Balaban J connectivity index is 1.63. The molecule has 0 aliphatic rings. The molecule has 8 heteroatoms. The fraction of sp³-hybridized carbons (Fsp3) is 0.143. The number of amides is 1. The van der Waals surface area contributed by atoms with Crippen LogP contribution < -0.4 is 10.9 Å². The van der Waals surface area contributed by atoms with Crippen LogP contribution in [-0.4, -0.2) is 25.3 Å². The standard InChI is InChI=1S/C21H18ClN5O2/c1-13-6-7-14(2)17(8-13)18-10-19-21(29)26(23-12-27(19)25-18)11-20(28)24-16-5-3-4-15(22)9-16/h3-10,12H,11H2,1-2H3,(H,24,28). The van der Waals surface area contributed by atoms with Gasteiger partial charge in [-0.1, -0.05) is 35.4 Å². The van der Waals surface area contributed by atoms with Crippen LogP contribution in [0.2, 0.25) is 5.02 Å². The van der Waals surface area contributed by atoms with Gasteiger partial charge in [0.15, 0.2) is 0 Å². The molecule has 0 radical (unpaired) electrons. The van der Waals surface area contributed by atoms with Crippen LogP contribution in [0.4, 0.5) is 5.69 Å². The van der Waals surface area contributed by atoms with E-state index in [0.717, 1.165) is 21.4 Å². The molecule has 0 fully saturated rings. The minimum absolute atomic E-state index is 0.216. The van der Waals surface area contributed by atoms with Crippen molar-refractivity contribution < 1.29 is 4.79 Å². The van der Waals surface area contributed by atoms with Crippen LogP contribution in [0.15, 0.2) is 59.7 Å². The maximum atomic E-state index is 12.8. The van der Waals surface area contributed by atoms with Gasteiger partial charge < -0.3 is 5.32 Å². The Morgan fingerprint density at radius 2 is 1.97 bits per heavy atom. The Labute approximate surface area is 171 Å². The van der Waals surface area contributed by atoms with Gasteiger partial charge in [0.1, 0.15) is 18.4 Å². The highest BCUT2D eigenvalue weighted by Gasteiger charge is 2.13. The molecule has 2 aromatic carbocycles. The van der Waals surface area contributed by atoms with E-state index < -0.39 is 5.56 Å². The van der Waals surface area contributed by atoms with Crippen molar-refractivity contribution in [2.24, 2.45) is 0 Å². The van der Waals surface area contributed by atoms with Gasteiger partial charge >= 0.3 is 0 Å². The van der Waals surface area contributed by atoms with Crippen molar-refractivity contribution in [3.8, 4) is 11.3 Å². The van der Waals surface area contributed by atoms with Gasteiger partial charge in [-0.2, -0.15) is 10.2 Å². The lowest BCUT2D eigenvalue weighted by molar-refractivity contribution is -0.117. The number of carbonyl (C=O) groups is 1. The number of carbonyl (C=O) groups excluding carboxylic acids is 1. The minimum Gasteiger partial charge on any atom is -0.324 e. The van der Waals surface area contributed by atoms with Gasteiger partial charge in [-0.15, -0.1) is 0 Å². The second-order valence-electron chi connectivity index (χ2n) is 6.83. The van der Waals surface area contributed by atoms with Crippen molar-refractivity contribution in [3.63, 3.8) is 0 Å². The molecule has 0 atom stereocenters. The summed E-state index contributed by atoms with van der Waals surface area (Å²) in [6.07, 6.45) is 1.43. The lowest BCUT2D eigenvalue weighted by Crippen LogP contribution is -2.30. The summed E-state index contributed by atoms with van der Waals surface area (Å²) in [5, 5.41) is 11.8. The number of aromatic nitrogens is 4. The van der Waals surface area contributed by atoms with Crippen LogP contribution >= 0.6 is 11.6 Å². The first-order chi connectivity index (χ1) is 13.9. The maximum Gasteiger partial charge on any atom is 0.293 e. The monoisotopic (exact) mass is 407 g/mol. The molecular formula is C21H18ClN5O2. The van der Waals surface area contributed by atoms with E-state index in [0.29, 0.717) is 21.9 Å². The summed E-state index contributed by atoms with van der Waals surface area (Å²) >= 11 is 5.92. The predicted molar refractivity (Wildman–Crippen MR) is 112 cm³/mol. The lowest BCUT2D eigenvalue weighted by atomic mass is 10.0. The van der Waals surface area contributed by atoms with Crippen molar-refractivity contribution in [3.05, 3.63) is 81.4 Å². The van der Waals surface area contributed by atoms with E-state index >= 15 is 0 Å². The summed E-state index contributed by atoms with van der Waals surface area (Å²) in [5.74, 6) is -0.375. The zero-order valence-electron chi connectivity index (χ0n) is 15.9. The smallest absolute Gasteiger partial charge is 0.293 e. The van der Waals surface area contributed by atoms with Gasteiger partial charge in [0.05, 0.1) is 5.69 Å². The molecular weight excluding hydrogens is 390 g/mol. The number of hydrogen-bond donors (Lipinski definition) is 1. The molecule has 0 bridgehead atoms. The van der Waals surface area contributed by atoms with Crippen molar-refractivity contribution >= 4 is 28.7 Å². The topological polar surface area (TPSA) is 81.3 Å². The van der Waals surface area contributed by atoms with Crippen LogP contribution in [0.3, 0.4) is 0 Å². The van der Waals surface area contributed by atoms with Crippen molar-refractivity contribution in [1.82, 2.24) is 19.4 Å². The number of fused-ring (bicyclic) bond motifs is 1. The molecule has 0 spiro atoms. The molecule has 0 saturated heterocycles. The van der Waals surface area contributed by atoms with E-state index in [1.165, 1.54) is 10.8 Å². The number of rotatable bonds is 4. The Kier molecular flexibility index (Phi) is 4.90. The third kappa shape index (κ3) is 3.90. The van der Waals surface area contributed by atoms with E-state index in [1.807, 2.05) is 32.0 Å². The molecule has 7 nitrogen and oxygen atoms in total. The molecule has 0 unspecified atom stereocenters. The summed E-state index contributed by atoms with van der Waals surface area (Å²) in [5.41, 5.74) is 4.33. The fourth-order valence-corrected chi connectivity index (χ4v) is 3.29. The number of halogens is 1. The molecule has 4 aromatic rings. The van der Waals surface area contributed by atoms with Crippen LogP contribution in [0, 0.1) is 13.8 Å². The Morgan fingerprint density at radius 3 is 2.76 bits per heavy atom. The Hall–Kier alpha value is -3.45. The van der Waals surface area contributed by atoms with Crippen molar-refractivity contribution in [2.75, 3.05) is 5.32 Å². The normalized spacial score (nSPS) is 11.0. The van der Waals surface area contributed by atoms with Crippen molar-refractivity contribution in [2.45, 2.75) is 20.4 Å². The molecule has 1 N–H and O–H groups in total. The van der Waals surface area contributed by atoms with Crippen LogP contribution in [0.25, 0.3) is 16.8 Å². The summed E-state index contributed by atoms with van der Waals surface area (Å²) in [6.45, 7) is 3.78. The average Bonchev–Trinajstić information content (AvgIpc) is 3.11. The molecule has 1 amide bonds. The van der Waals surface area contributed by atoms with Crippen LogP contribution in [0.1, 0.15) is 11.1 Å². The largest absolute Gasteiger partial charge is 0.324 e. The van der Waals surface area contributed by atoms with Crippen LogP contribution in [-0.2, 0) is 11.3 Å². The third-order valence-electron chi connectivity index (χ3n) is 4.56. The quantitative estimate of drug-likeness (QED) is 0.561. The number of hydrogen-bond acceptors (Lipinski definition) is 4. The number of nitrogens with one attached hydrogen (secondary N) is 1. The van der Waals surface area contributed by atoms with E-state index in [-0.39, 0.29) is 12.5 Å². The van der Waals surface area contributed by atoms with E-state index in [9.17, 15) is 9.59 Å². The van der Waals surface area contributed by atoms with Gasteiger partial charge in [0.2, 0.25) is 5.91 Å². The van der Waals surface area contributed by atoms with E-state index in [2.05, 4.69) is 15.5 Å². The van der Waals surface area contributed by atoms with Gasteiger partial charge in [-0.3, -0.25) is 9.59 Å². The molecule has 146 valence electrons. The Morgan fingerprint density at radius 1 is 1.14 bits per heavy atom. The van der Waals surface area contributed by atoms with Gasteiger partial charge in [-0.25, -0.2) is 9.20 Å². The zero-order chi connectivity index (χ0) is 20.5. The molecule has 4 rings (SSSR count). The van der Waals surface area contributed by atoms with Gasteiger partial charge in [-0.05, 0) is 49.7 Å². The minimum atomic E-state index is -0.391. The van der Waals surface area contributed by atoms with Gasteiger partial charge in [0.25, 0.3) is 5.56 Å². The summed E-state index contributed by atoms with van der Waals surface area (Å²) < 4.78 is 2.55. The highest BCUT2D eigenvalue weighted by Crippen LogP contribution is 2.23. The predicted octanol–water partition coefficient (Wildman–Crippen LogP) is 3.47. The average molecular weight is 408 g/mol. The van der Waals surface area contributed by atoms with E-state index in [1.54, 1.807) is 30.3 Å². The van der Waals surface area contributed by atoms with Gasteiger partial charge in [0, 0.05) is 16.3 Å². The highest BCUT2D eigenvalue weighted by molar-refractivity contribution is 6.30. The molecule has 29 heavy (non-hydrogen) atoms. The fourth-order valence-electron chi connectivity index (χ4n) is 3.10. The summed E-state index contributed by atoms with van der Waals surface area (Å²) in [6, 6.07) is 14.6. The molecule has 2 aromatic heterocycles. The highest BCUT2D eigenvalue weighted by atomic mass is 35.5. The number of anilines is 1. The van der Waals surface area contributed by atoms with Crippen LogP contribution in [0.5, 0.6) is 0 Å². The first kappa shape index (κ1) is 18.9. The van der Waals surface area contributed by atoms with E-state index in [4.69, 9.17) is 11.6 Å². The Bertz CT molecular complexity index is 1290. The second kappa shape index (κ2) is 7.52. The maximum absolute atomic E-state index is 12.8. The SMILES string of the molecule is Cc1ccc(C)c(-c2cc3c(=O)n(CC(=O)Nc4cccc(Cl)c4)ncn3n2)c1. The summed E-state index contributed by atoms with van der Waals surface area (Å²) in [4.78, 5) is 25.1. The lowest BCUT2D eigenvalue weighted by Gasteiger charge is -2.07. The molecule has 0 aliphatic heterocycles. The van der Waals surface area contributed by atoms with Crippen molar-refractivity contribution in [1.29, 1.82) is 0 Å². The number of aryl methyl sites for hydroxylation is 2. The third-order valence-corrected chi connectivity index (χ3v) is 4.80. The molecule has 2 heterocycles. The number of nitrogens with zero attached hydrogens (tertiary/aromatic N) is 4. The summed E-state index contributed by atoms with van der Waals surface area (Å²) in [7, 11) is 0. The molecule has 0 saturated carbocycles. The first-order valence-electron chi connectivity index (χ1n) is 8.99. The number of benzene rings is 2.